The highest BCUT2D eigenvalue weighted by molar-refractivity contribution is 5.83. The molecule has 0 spiro atoms. The molecule has 0 aromatic carbocycles. The molecule has 4 heteroatoms. The smallest absolute Gasteiger partial charge is 0.332 e. The van der Waals surface area contributed by atoms with Gasteiger partial charge >= 0.3 is 5.97 Å². The molecule has 2 atom stereocenters. The molecule has 1 heterocycles. The molecule has 0 amide bonds. The van der Waals surface area contributed by atoms with Crippen molar-refractivity contribution in [1.82, 2.24) is 4.98 Å². The van der Waals surface area contributed by atoms with E-state index >= 15 is 0 Å². The van der Waals surface area contributed by atoms with E-state index in [9.17, 15) is 4.79 Å². The van der Waals surface area contributed by atoms with Crippen LogP contribution in [0.1, 0.15) is 18.2 Å². The van der Waals surface area contributed by atoms with Crippen molar-refractivity contribution in [1.29, 1.82) is 0 Å². The summed E-state index contributed by atoms with van der Waals surface area (Å²) in [4.78, 5) is 15.9. The fraction of sp³-hybridized carbons (Fsp3) is 0.455. The molecule has 4 nitrogen and oxygen atoms in total. The summed E-state index contributed by atoms with van der Waals surface area (Å²) >= 11 is 0. The number of aromatic nitrogens is 1. The molecule has 0 saturated carbocycles. The Morgan fingerprint density at radius 3 is 3.13 bits per heavy atom. The molecule has 0 saturated heterocycles. The fourth-order valence-electron chi connectivity index (χ4n) is 2.17. The van der Waals surface area contributed by atoms with Gasteiger partial charge in [-0.25, -0.2) is 4.79 Å². The third kappa shape index (κ3) is 1.25. The number of fused-ring (bicyclic) bond motifs is 1. The molecule has 1 aromatic heterocycles. The summed E-state index contributed by atoms with van der Waals surface area (Å²) in [5, 5.41) is 0. The van der Waals surface area contributed by atoms with Gasteiger partial charge in [0, 0.05) is 6.20 Å². The van der Waals surface area contributed by atoms with Crippen LogP contribution in [-0.4, -0.2) is 18.1 Å². The lowest BCUT2D eigenvalue weighted by Crippen LogP contribution is -2.49. The second-order valence-electron chi connectivity index (χ2n) is 3.98. The Hall–Kier alpha value is -1.42. The summed E-state index contributed by atoms with van der Waals surface area (Å²) in [6.07, 6.45) is 2.43. The monoisotopic (exact) mass is 206 g/mol. The third-order valence-electron chi connectivity index (χ3n) is 3.11. The number of carbonyl (C=O) groups is 1. The molecule has 15 heavy (non-hydrogen) atoms. The normalized spacial score (nSPS) is 28.6. The Morgan fingerprint density at radius 2 is 2.47 bits per heavy atom. The van der Waals surface area contributed by atoms with E-state index in [0.29, 0.717) is 5.69 Å². The predicted molar refractivity (Wildman–Crippen MR) is 55.0 cm³/mol. The molecular weight excluding hydrogens is 192 g/mol. The van der Waals surface area contributed by atoms with Crippen molar-refractivity contribution in [2.45, 2.75) is 18.9 Å². The number of esters is 1. The molecule has 80 valence electrons. The van der Waals surface area contributed by atoms with Crippen LogP contribution in [0.25, 0.3) is 0 Å². The van der Waals surface area contributed by atoms with Gasteiger partial charge in [0.05, 0.1) is 12.8 Å². The first kappa shape index (κ1) is 10.1. The SMILES string of the molecule is COC(=O)C1(N)c2ncccc2CC1C. The van der Waals surface area contributed by atoms with Crippen LogP contribution < -0.4 is 5.73 Å². The summed E-state index contributed by atoms with van der Waals surface area (Å²) in [7, 11) is 1.35. The maximum absolute atomic E-state index is 11.7. The Balaban J connectivity index is 2.54. The minimum Gasteiger partial charge on any atom is -0.467 e. The molecule has 0 radical (unpaired) electrons. The van der Waals surface area contributed by atoms with Gasteiger partial charge in [-0.15, -0.1) is 0 Å². The van der Waals surface area contributed by atoms with E-state index in [-0.39, 0.29) is 5.92 Å². The van der Waals surface area contributed by atoms with Crippen LogP contribution in [0.15, 0.2) is 18.3 Å². The van der Waals surface area contributed by atoms with Crippen LogP contribution in [0.3, 0.4) is 0 Å². The topological polar surface area (TPSA) is 65.2 Å². The van der Waals surface area contributed by atoms with Crippen molar-refractivity contribution in [2.24, 2.45) is 11.7 Å². The molecular formula is C11H14N2O2. The average Bonchev–Trinajstić information content (AvgIpc) is 2.52. The average molecular weight is 206 g/mol. The van der Waals surface area contributed by atoms with Crippen LogP contribution in [0.5, 0.6) is 0 Å². The van der Waals surface area contributed by atoms with E-state index < -0.39 is 11.5 Å². The standard InChI is InChI=1S/C11H14N2O2/c1-7-6-8-4-3-5-13-9(8)11(7,12)10(14)15-2/h3-5,7H,6,12H2,1-2H3. The van der Waals surface area contributed by atoms with Gasteiger partial charge in [0.15, 0.2) is 5.54 Å². The van der Waals surface area contributed by atoms with Gasteiger partial charge in [-0.1, -0.05) is 13.0 Å². The van der Waals surface area contributed by atoms with Crippen molar-refractivity contribution in [3.8, 4) is 0 Å². The van der Waals surface area contributed by atoms with E-state index in [0.717, 1.165) is 12.0 Å². The first-order valence-corrected chi connectivity index (χ1v) is 4.92. The van der Waals surface area contributed by atoms with E-state index in [1.807, 2.05) is 19.1 Å². The maximum atomic E-state index is 11.7. The number of rotatable bonds is 1. The molecule has 1 aliphatic carbocycles. The zero-order valence-corrected chi connectivity index (χ0v) is 8.86. The van der Waals surface area contributed by atoms with Gasteiger partial charge in [0.2, 0.25) is 0 Å². The van der Waals surface area contributed by atoms with Gasteiger partial charge in [-0.2, -0.15) is 0 Å². The lowest BCUT2D eigenvalue weighted by molar-refractivity contribution is -0.149. The van der Waals surface area contributed by atoms with Crippen LogP contribution in [-0.2, 0) is 21.5 Å². The van der Waals surface area contributed by atoms with E-state index in [1.54, 1.807) is 6.20 Å². The van der Waals surface area contributed by atoms with Crippen LogP contribution >= 0.6 is 0 Å². The first-order chi connectivity index (χ1) is 7.10. The molecule has 0 bridgehead atoms. The fourth-order valence-corrected chi connectivity index (χ4v) is 2.17. The molecule has 2 unspecified atom stereocenters. The first-order valence-electron chi connectivity index (χ1n) is 4.92. The zero-order valence-electron chi connectivity index (χ0n) is 8.86. The lowest BCUT2D eigenvalue weighted by atomic mass is 9.88. The minimum absolute atomic E-state index is 0.0230. The van der Waals surface area contributed by atoms with Crippen LogP contribution in [0.2, 0.25) is 0 Å². The molecule has 1 aliphatic rings. The number of carbonyl (C=O) groups excluding carboxylic acids is 1. The van der Waals surface area contributed by atoms with Gasteiger partial charge in [-0.3, -0.25) is 4.98 Å². The third-order valence-corrected chi connectivity index (χ3v) is 3.11. The van der Waals surface area contributed by atoms with Crippen LogP contribution in [0, 0.1) is 5.92 Å². The highest BCUT2D eigenvalue weighted by Gasteiger charge is 2.49. The molecule has 1 aromatic rings. The highest BCUT2D eigenvalue weighted by Crippen LogP contribution is 2.38. The van der Waals surface area contributed by atoms with E-state index in [2.05, 4.69) is 4.98 Å². The Kier molecular flexibility index (Phi) is 2.23. The largest absolute Gasteiger partial charge is 0.467 e. The van der Waals surface area contributed by atoms with Gasteiger partial charge in [0.1, 0.15) is 0 Å². The maximum Gasteiger partial charge on any atom is 0.332 e. The molecule has 0 aliphatic heterocycles. The zero-order chi connectivity index (χ0) is 11.1. The summed E-state index contributed by atoms with van der Waals surface area (Å²) in [6, 6.07) is 3.81. The van der Waals surface area contributed by atoms with Crippen molar-refractivity contribution in [3.05, 3.63) is 29.6 Å². The van der Waals surface area contributed by atoms with E-state index in [1.165, 1.54) is 7.11 Å². The van der Waals surface area contributed by atoms with Gasteiger partial charge < -0.3 is 10.5 Å². The highest BCUT2D eigenvalue weighted by atomic mass is 16.5. The number of nitrogens with zero attached hydrogens (tertiary/aromatic N) is 1. The molecule has 2 N–H and O–H groups in total. The van der Waals surface area contributed by atoms with Gasteiger partial charge in [-0.05, 0) is 24.0 Å². The predicted octanol–water partition coefficient (Wildman–Crippen LogP) is 0.601. The van der Waals surface area contributed by atoms with Crippen molar-refractivity contribution >= 4 is 5.97 Å². The van der Waals surface area contributed by atoms with Crippen LogP contribution in [0.4, 0.5) is 0 Å². The number of hydrogen-bond donors (Lipinski definition) is 1. The second kappa shape index (κ2) is 3.31. The van der Waals surface area contributed by atoms with E-state index in [4.69, 9.17) is 10.5 Å². The number of nitrogens with two attached hydrogens (primary N) is 1. The number of hydrogen-bond acceptors (Lipinski definition) is 4. The van der Waals surface area contributed by atoms with Crippen molar-refractivity contribution in [3.63, 3.8) is 0 Å². The summed E-state index contributed by atoms with van der Waals surface area (Å²) < 4.78 is 4.76. The molecule has 0 fully saturated rings. The van der Waals surface area contributed by atoms with Crippen molar-refractivity contribution < 1.29 is 9.53 Å². The van der Waals surface area contributed by atoms with Crippen molar-refractivity contribution in [2.75, 3.05) is 7.11 Å². The minimum atomic E-state index is -1.08. The summed E-state index contributed by atoms with van der Waals surface area (Å²) in [5.41, 5.74) is 6.75. The number of ether oxygens (including phenoxy) is 1. The quantitative estimate of drug-likeness (QED) is 0.683. The second-order valence-corrected chi connectivity index (χ2v) is 3.98. The number of methoxy groups -OCH3 is 1. The molecule has 2 rings (SSSR count). The Bertz CT molecular complexity index is 405. The lowest BCUT2D eigenvalue weighted by Gasteiger charge is -2.25. The Labute approximate surface area is 88.4 Å². The summed E-state index contributed by atoms with van der Waals surface area (Å²) in [6.45, 7) is 1.94. The number of pyridine rings is 1. The summed E-state index contributed by atoms with van der Waals surface area (Å²) in [5.74, 6) is -0.387. The van der Waals surface area contributed by atoms with Gasteiger partial charge in [0.25, 0.3) is 0 Å². The Morgan fingerprint density at radius 1 is 1.73 bits per heavy atom.